The Hall–Kier alpha value is -1.26. The van der Waals surface area contributed by atoms with E-state index in [9.17, 15) is 0 Å². The summed E-state index contributed by atoms with van der Waals surface area (Å²) in [7, 11) is 1.69. The van der Waals surface area contributed by atoms with Crippen molar-refractivity contribution in [3.63, 3.8) is 0 Å². The van der Waals surface area contributed by atoms with Crippen molar-refractivity contribution in [1.82, 2.24) is 5.32 Å². The van der Waals surface area contributed by atoms with Gasteiger partial charge in [-0.05, 0) is 49.9 Å². The van der Waals surface area contributed by atoms with Gasteiger partial charge in [-0.3, -0.25) is 0 Å². The molecule has 2 aliphatic rings. The van der Waals surface area contributed by atoms with Gasteiger partial charge in [0.1, 0.15) is 6.10 Å². The molecule has 2 heterocycles. The Bertz CT molecular complexity index is 451. The molecule has 116 valence electrons. The zero-order valence-corrected chi connectivity index (χ0v) is 12.8. The summed E-state index contributed by atoms with van der Waals surface area (Å²) in [6, 6.07) is 6.74. The number of hydrogen-bond acceptors (Lipinski definition) is 4. The minimum Gasteiger partial charge on any atom is -0.493 e. The maximum absolute atomic E-state index is 6.13. The molecule has 2 saturated heterocycles. The minimum atomic E-state index is 0.141. The fraction of sp³-hybridized carbons (Fsp3) is 0.647. The van der Waals surface area contributed by atoms with Crippen molar-refractivity contribution in [2.75, 3.05) is 26.9 Å². The summed E-state index contributed by atoms with van der Waals surface area (Å²) in [5.41, 5.74) is 1.29. The highest BCUT2D eigenvalue weighted by Gasteiger charge is 2.20. The Morgan fingerprint density at radius 2 is 2.10 bits per heavy atom. The second-order valence-corrected chi connectivity index (χ2v) is 5.87. The summed E-state index contributed by atoms with van der Waals surface area (Å²) in [5, 5.41) is 3.58. The van der Waals surface area contributed by atoms with Crippen LogP contribution in [0.2, 0.25) is 0 Å². The number of benzene rings is 1. The number of hydrogen-bond donors (Lipinski definition) is 1. The monoisotopic (exact) mass is 291 g/mol. The number of methoxy groups -OCH3 is 1. The molecule has 0 saturated carbocycles. The minimum absolute atomic E-state index is 0.141. The van der Waals surface area contributed by atoms with Gasteiger partial charge >= 0.3 is 0 Å². The highest BCUT2D eigenvalue weighted by atomic mass is 16.5. The molecule has 4 heteroatoms. The lowest BCUT2D eigenvalue weighted by Crippen LogP contribution is -2.29. The van der Waals surface area contributed by atoms with Crippen LogP contribution in [0, 0.1) is 0 Å². The summed E-state index contributed by atoms with van der Waals surface area (Å²) in [4.78, 5) is 0. The summed E-state index contributed by atoms with van der Waals surface area (Å²) in [6.07, 6.45) is 6.01. The molecule has 2 atom stereocenters. The molecule has 21 heavy (non-hydrogen) atoms. The van der Waals surface area contributed by atoms with E-state index < -0.39 is 0 Å². The lowest BCUT2D eigenvalue weighted by Gasteiger charge is -2.27. The van der Waals surface area contributed by atoms with Crippen molar-refractivity contribution in [2.24, 2.45) is 0 Å². The summed E-state index contributed by atoms with van der Waals surface area (Å²) < 4.78 is 17.1. The second kappa shape index (κ2) is 7.14. The third-order valence-electron chi connectivity index (χ3n) is 4.31. The molecule has 2 unspecified atom stereocenters. The van der Waals surface area contributed by atoms with E-state index in [4.69, 9.17) is 14.2 Å². The van der Waals surface area contributed by atoms with E-state index >= 15 is 0 Å². The van der Waals surface area contributed by atoms with Crippen LogP contribution in [0.15, 0.2) is 18.2 Å². The fourth-order valence-electron chi connectivity index (χ4n) is 3.12. The SMILES string of the molecule is COc1ccc(C2CCCCN2)cc1OC1CCCOC1. The predicted octanol–water partition coefficient (Wildman–Crippen LogP) is 3.07. The van der Waals surface area contributed by atoms with Crippen LogP contribution >= 0.6 is 0 Å². The van der Waals surface area contributed by atoms with Crippen molar-refractivity contribution in [3.05, 3.63) is 23.8 Å². The van der Waals surface area contributed by atoms with E-state index in [1.165, 1.54) is 24.8 Å². The van der Waals surface area contributed by atoms with Crippen LogP contribution in [0.5, 0.6) is 11.5 Å². The smallest absolute Gasteiger partial charge is 0.162 e. The first-order chi connectivity index (χ1) is 10.4. The first-order valence-corrected chi connectivity index (χ1v) is 8.02. The molecular weight excluding hydrogens is 266 g/mol. The van der Waals surface area contributed by atoms with E-state index in [1.54, 1.807) is 7.11 Å². The number of rotatable bonds is 4. The molecule has 3 rings (SSSR count). The summed E-state index contributed by atoms with van der Waals surface area (Å²) >= 11 is 0. The van der Waals surface area contributed by atoms with E-state index in [-0.39, 0.29) is 6.10 Å². The Kier molecular flexibility index (Phi) is 4.99. The van der Waals surface area contributed by atoms with Crippen LogP contribution in [0.25, 0.3) is 0 Å². The highest BCUT2D eigenvalue weighted by Crippen LogP contribution is 2.34. The van der Waals surface area contributed by atoms with E-state index in [0.717, 1.165) is 37.5 Å². The van der Waals surface area contributed by atoms with Crippen LogP contribution in [0.3, 0.4) is 0 Å². The molecule has 1 N–H and O–H groups in total. The molecule has 0 spiro atoms. The van der Waals surface area contributed by atoms with Gasteiger partial charge in [-0.1, -0.05) is 12.5 Å². The first kappa shape index (κ1) is 14.7. The Morgan fingerprint density at radius 3 is 2.81 bits per heavy atom. The van der Waals surface area contributed by atoms with Gasteiger partial charge in [0.2, 0.25) is 0 Å². The molecule has 0 aromatic heterocycles. The summed E-state index contributed by atoms with van der Waals surface area (Å²) in [6.45, 7) is 2.63. The van der Waals surface area contributed by atoms with E-state index in [2.05, 4.69) is 17.4 Å². The molecule has 0 radical (unpaired) electrons. The van der Waals surface area contributed by atoms with Crippen molar-refractivity contribution >= 4 is 0 Å². The quantitative estimate of drug-likeness (QED) is 0.925. The molecular formula is C17H25NO3. The molecule has 2 fully saturated rings. The van der Waals surface area contributed by atoms with Crippen LogP contribution in [0.1, 0.15) is 43.7 Å². The van der Waals surface area contributed by atoms with Crippen LogP contribution in [-0.2, 0) is 4.74 Å². The lowest BCUT2D eigenvalue weighted by molar-refractivity contribution is 0.00639. The van der Waals surface area contributed by atoms with Crippen LogP contribution in [-0.4, -0.2) is 33.0 Å². The number of nitrogens with one attached hydrogen (secondary N) is 1. The average Bonchev–Trinajstić information content (AvgIpc) is 2.56. The van der Waals surface area contributed by atoms with E-state index in [0.29, 0.717) is 12.6 Å². The Morgan fingerprint density at radius 1 is 1.14 bits per heavy atom. The molecule has 0 amide bonds. The third kappa shape index (κ3) is 3.69. The zero-order valence-electron chi connectivity index (χ0n) is 12.8. The predicted molar refractivity (Wildman–Crippen MR) is 82.1 cm³/mol. The second-order valence-electron chi connectivity index (χ2n) is 5.87. The van der Waals surface area contributed by atoms with Crippen molar-refractivity contribution in [3.8, 4) is 11.5 Å². The van der Waals surface area contributed by atoms with Gasteiger partial charge in [0.15, 0.2) is 11.5 Å². The Balaban J connectivity index is 1.75. The topological polar surface area (TPSA) is 39.7 Å². The summed E-state index contributed by atoms with van der Waals surface area (Å²) in [5.74, 6) is 1.65. The van der Waals surface area contributed by atoms with Crippen molar-refractivity contribution < 1.29 is 14.2 Å². The van der Waals surface area contributed by atoms with Crippen LogP contribution < -0.4 is 14.8 Å². The van der Waals surface area contributed by atoms with Gasteiger partial charge in [-0.25, -0.2) is 0 Å². The molecule has 0 bridgehead atoms. The molecule has 1 aromatic rings. The maximum atomic E-state index is 6.13. The van der Waals surface area contributed by atoms with Gasteiger partial charge < -0.3 is 19.5 Å². The Labute approximate surface area is 126 Å². The standard InChI is InChI=1S/C17H25NO3/c1-19-16-8-7-13(15-6-2-3-9-18-15)11-17(16)21-14-5-4-10-20-12-14/h7-8,11,14-15,18H,2-6,9-10,12H2,1H3. The largest absolute Gasteiger partial charge is 0.493 e. The number of piperidine rings is 1. The highest BCUT2D eigenvalue weighted by molar-refractivity contribution is 5.44. The van der Waals surface area contributed by atoms with Gasteiger partial charge in [0, 0.05) is 12.6 Å². The van der Waals surface area contributed by atoms with Crippen molar-refractivity contribution in [1.29, 1.82) is 0 Å². The van der Waals surface area contributed by atoms with Crippen molar-refractivity contribution in [2.45, 2.75) is 44.2 Å². The molecule has 2 aliphatic heterocycles. The van der Waals surface area contributed by atoms with Crippen LogP contribution in [0.4, 0.5) is 0 Å². The maximum Gasteiger partial charge on any atom is 0.162 e. The fourth-order valence-corrected chi connectivity index (χ4v) is 3.12. The van der Waals surface area contributed by atoms with Gasteiger partial charge in [-0.2, -0.15) is 0 Å². The van der Waals surface area contributed by atoms with Gasteiger partial charge in [0.05, 0.1) is 13.7 Å². The average molecular weight is 291 g/mol. The molecule has 1 aromatic carbocycles. The third-order valence-corrected chi connectivity index (χ3v) is 4.31. The normalized spacial score (nSPS) is 26.3. The van der Waals surface area contributed by atoms with Gasteiger partial charge in [-0.15, -0.1) is 0 Å². The lowest BCUT2D eigenvalue weighted by atomic mass is 9.97. The zero-order chi connectivity index (χ0) is 14.5. The van der Waals surface area contributed by atoms with E-state index in [1.807, 2.05) is 6.07 Å². The molecule has 0 aliphatic carbocycles. The first-order valence-electron chi connectivity index (χ1n) is 8.02. The number of ether oxygens (including phenoxy) is 3. The van der Waals surface area contributed by atoms with Gasteiger partial charge in [0.25, 0.3) is 0 Å². The molecule has 4 nitrogen and oxygen atoms in total.